The highest BCUT2D eigenvalue weighted by atomic mass is 32.2. The summed E-state index contributed by atoms with van der Waals surface area (Å²) in [6.45, 7) is 3.16. The molecule has 1 aromatic carbocycles. The number of nitrogens with zero attached hydrogens (tertiary/aromatic N) is 2. The summed E-state index contributed by atoms with van der Waals surface area (Å²) in [5.41, 5.74) is 1.02. The Labute approximate surface area is 93.2 Å². The summed E-state index contributed by atoms with van der Waals surface area (Å²) in [7, 11) is 0. The van der Waals surface area contributed by atoms with Gasteiger partial charge in [-0.1, -0.05) is 30.3 Å². The van der Waals surface area contributed by atoms with Crippen molar-refractivity contribution < 1.29 is 4.79 Å². The van der Waals surface area contributed by atoms with E-state index in [1.54, 1.807) is 4.90 Å². The highest BCUT2D eigenvalue weighted by Crippen LogP contribution is 2.21. The maximum Gasteiger partial charge on any atom is 0.289 e. The first-order valence-corrected chi connectivity index (χ1v) is 5.69. The SMILES string of the molecule is CCN1CN=C(c2ccccc2)SC1=O. The molecule has 3 nitrogen and oxygen atoms in total. The van der Waals surface area contributed by atoms with Crippen molar-refractivity contribution in [3.8, 4) is 0 Å². The van der Waals surface area contributed by atoms with Gasteiger partial charge in [0.05, 0.1) is 0 Å². The molecule has 1 amide bonds. The summed E-state index contributed by atoms with van der Waals surface area (Å²) >= 11 is 1.21. The molecule has 4 heteroatoms. The first-order valence-electron chi connectivity index (χ1n) is 4.88. The number of hydrogen-bond donors (Lipinski definition) is 0. The predicted octanol–water partition coefficient (Wildman–Crippen LogP) is 2.58. The Morgan fingerprint density at radius 3 is 2.73 bits per heavy atom. The lowest BCUT2D eigenvalue weighted by molar-refractivity contribution is 0.227. The number of aliphatic imine (C=N–C) groups is 1. The van der Waals surface area contributed by atoms with Crippen molar-refractivity contribution >= 4 is 22.0 Å². The van der Waals surface area contributed by atoms with Crippen molar-refractivity contribution in [2.45, 2.75) is 6.92 Å². The molecule has 2 rings (SSSR count). The largest absolute Gasteiger partial charge is 0.314 e. The van der Waals surface area contributed by atoms with Crippen LogP contribution in [-0.2, 0) is 0 Å². The van der Waals surface area contributed by atoms with Crippen LogP contribution >= 0.6 is 11.8 Å². The van der Waals surface area contributed by atoms with Gasteiger partial charge >= 0.3 is 0 Å². The summed E-state index contributed by atoms with van der Waals surface area (Å²) in [6.07, 6.45) is 0. The monoisotopic (exact) mass is 220 g/mol. The smallest absolute Gasteiger partial charge is 0.289 e. The Hall–Kier alpha value is -1.29. The van der Waals surface area contributed by atoms with Crippen LogP contribution in [-0.4, -0.2) is 28.4 Å². The number of thioether (sulfide) groups is 1. The van der Waals surface area contributed by atoms with Crippen LogP contribution in [0.3, 0.4) is 0 Å². The van der Waals surface area contributed by atoms with E-state index >= 15 is 0 Å². The highest BCUT2D eigenvalue weighted by Gasteiger charge is 2.20. The molecule has 0 spiro atoms. The third-order valence-corrected chi connectivity index (χ3v) is 3.22. The van der Waals surface area contributed by atoms with Crippen molar-refractivity contribution in [2.24, 2.45) is 4.99 Å². The maximum atomic E-state index is 11.6. The molecular weight excluding hydrogens is 208 g/mol. The molecule has 15 heavy (non-hydrogen) atoms. The Morgan fingerprint density at radius 1 is 1.40 bits per heavy atom. The van der Waals surface area contributed by atoms with E-state index in [9.17, 15) is 4.79 Å². The third-order valence-electron chi connectivity index (χ3n) is 2.23. The van der Waals surface area contributed by atoms with Crippen LogP contribution in [0.4, 0.5) is 4.79 Å². The average molecular weight is 220 g/mol. The topological polar surface area (TPSA) is 32.7 Å². The number of hydrogen-bond acceptors (Lipinski definition) is 3. The van der Waals surface area contributed by atoms with Crippen molar-refractivity contribution in [1.29, 1.82) is 0 Å². The highest BCUT2D eigenvalue weighted by molar-refractivity contribution is 8.26. The van der Waals surface area contributed by atoms with Crippen LogP contribution in [0.5, 0.6) is 0 Å². The van der Waals surface area contributed by atoms with Crippen LogP contribution in [0.15, 0.2) is 35.3 Å². The molecule has 1 aromatic rings. The molecule has 1 aliphatic heterocycles. The summed E-state index contributed by atoms with van der Waals surface area (Å²) in [4.78, 5) is 17.7. The van der Waals surface area contributed by atoms with Crippen LogP contribution in [0.2, 0.25) is 0 Å². The number of carbonyl (C=O) groups excluding carboxylic acids is 1. The molecule has 1 aliphatic rings. The molecule has 0 radical (unpaired) electrons. The van der Waals surface area contributed by atoms with Crippen LogP contribution in [0, 0.1) is 0 Å². The lowest BCUT2D eigenvalue weighted by atomic mass is 10.2. The van der Waals surface area contributed by atoms with Gasteiger partial charge in [-0.25, -0.2) is 0 Å². The van der Waals surface area contributed by atoms with E-state index < -0.39 is 0 Å². The molecular formula is C11H12N2OS. The average Bonchev–Trinajstić information content (AvgIpc) is 2.30. The second kappa shape index (κ2) is 4.49. The van der Waals surface area contributed by atoms with E-state index in [4.69, 9.17) is 0 Å². The van der Waals surface area contributed by atoms with Crippen molar-refractivity contribution in [3.63, 3.8) is 0 Å². The van der Waals surface area contributed by atoms with E-state index in [-0.39, 0.29) is 5.24 Å². The Kier molecular flexibility index (Phi) is 3.06. The van der Waals surface area contributed by atoms with Crippen molar-refractivity contribution in [2.75, 3.05) is 13.2 Å². The quantitative estimate of drug-likeness (QED) is 0.767. The Balaban J connectivity index is 2.20. The Morgan fingerprint density at radius 2 is 2.13 bits per heavy atom. The second-order valence-corrected chi connectivity index (χ2v) is 4.13. The van der Waals surface area contributed by atoms with Crippen LogP contribution in [0.25, 0.3) is 0 Å². The van der Waals surface area contributed by atoms with Crippen molar-refractivity contribution in [1.82, 2.24) is 4.90 Å². The van der Waals surface area contributed by atoms with Crippen LogP contribution in [0.1, 0.15) is 12.5 Å². The molecule has 78 valence electrons. The number of carbonyl (C=O) groups is 1. The van der Waals surface area contributed by atoms with E-state index in [2.05, 4.69) is 4.99 Å². The van der Waals surface area contributed by atoms with Gasteiger partial charge in [0.2, 0.25) is 0 Å². The zero-order chi connectivity index (χ0) is 10.7. The fourth-order valence-electron chi connectivity index (χ4n) is 1.35. The van der Waals surface area contributed by atoms with Gasteiger partial charge in [-0.2, -0.15) is 0 Å². The first-order chi connectivity index (χ1) is 7.31. The van der Waals surface area contributed by atoms with E-state index in [1.165, 1.54) is 11.8 Å². The van der Waals surface area contributed by atoms with E-state index in [1.807, 2.05) is 37.3 Å². The van der Waals surface area contributed by atoms with Crippen LogP contribution < -0.4 is 0 Å². The van der Waals surface area contributed by atoms with Gasteiger partial charge in [0, 0.05) is 12.1 Å². The molecule has 0 saturated carbocycles. The lowest BCUT2D eigenvalue weighted by Gasteiger charge is -2.23. The van der Waals surface area contributed by atoms with Gasteiger partial charge in [0.25, 0.3) is 5.24 Å². The third kappa shape index (κ3) is 2.21. The van der Waals surface area contributed by atoms with Gasteiger partial charge < -0.3 is 4.90 Å². The molecule has 0 bridgehead atoms. The fourth-order valence-corrected chi connectivity index (χ4v) is 2.20. The maximum absolute atomic E-state index is 11.6. The minimum absolute atomic E-state index is 0.0892. The second-order valence-electron chi connectivity index (χ2n) is 3.19. The summed E-state index contributed by atoms with van der Waals surface area (Å²) < 4.78 is 0. The molecule has 0 N–H and O–H groups in total. The predicted molar refractivity (Wildman–Crippen MR) is 63.2 cm³/mol. The molecule has 1 heterocycles. The molecule has 0 unspecified atom stereocenters. The Bertz CT molecular complexity index is 389. The van der Waals surface area contributed by atoms with Gasteiger partial charge in [-0.05, 0) is 18.7 Å². The van der Waals surface area contributed by atoms with Gasteiger partial charge in [0.15, 0.2) is 0 Å². The van der Waals surface area contributed by atoms with Gasteiger partial charge in [-0.15, -0.1) is 0 Å². The molecule has 0 atom stereocenters. The normalized spacial score (nSPS) is 16.5. The summed E-state index contributed by atoms with van der Waals surface area (Å²) in [5.74, 6) is 0. The first kappa shape index (κ1) is 10.2. The molecule has 0 saturated heterocycles. The zero-order valence-corrected chi connectivity index (χ0v) is 9.33. The molecule has 0 fully saturated rings. The minimum atomic E-state index is 0.0892. The van der Waals surface area contributed by atoms with Crippen molar-refractivity contribution in [3.05, 3.63) is 35.9 Å². The van der Waals surface area contributed by atoms with E-state index in [0.29, 0.717) is 6.67 Å². The molecule has 0 aliphatic carbocycles. The minimum Gasteiger partial charge on any atom is -0.314 e. The number of benzene rings is 1. The fraction of sp³-hybridized carbons (Fsp3) is 0.273. The van der Waals surface area contributed by atoms with Gasteiger partial charge in [0.1, 0.15) is 11.7 Å². The van der Waals surface area contributed by atoms with Gasteiger partial charge in [-0.3, -0.25) is 9.79 Å². The summed E-state index contributed by atoms with van der Waals surface area (Å²) in [6, 6.07) is 9.81. The lowest BCUT2D eigenvalue weighted by Crippen LogP contribution is -2.32. The number of amides is 1. The summed E-state index contributed by atoms with van der Waals surface area (Å²) in [5, 5.41) is 0.914. The number of rotatable bonds is 2. The molecule has 0 aromatic heterocycles. The van der Waals surface area contributed by atoms with E-state index in [0.717, 1.165) is 17.2 Å². The standard InChI is InChI=1S/C11H12N2OS/c1-2-13-8-12-10(15-11(13)14)9-6-4-3-5-7-9/h3-7H,2,8H2,1H3. The zero-order valence-electron chi connectivity index (χ0n) is 8.51.